The van der Waals surface area contributed by atoms with Gasteiger partial charge in [0.05, 0.1) is 4.92 Å². The van der Waals surface area contributed by atoms with Crippen LogP contribution in [0.25, 0.3) is 11.4 Å². The van der Waals surface area contributed by atoms with Gasteiger partial charge in [0.1, 0.15) is 5.15 Å². The normalized spacial score (nSPS) is 10.6. The largest absolute Gasteiger partial charge is 0.270 e. The number of benzene rings is 1. The summed E-state index contributed by atoms with van der Waals surface area (Å²) in [6, 6.07) is 6.37. The van der Waals surface area contributed by atoms with Gasteiger partial charge in [-0.2, -0.15) is 0 Å². The zero-order valence-electron chi connectivity index (χ0n) is 11.3. The Labute approximate surface area is 121 Å². The summed E-state index contributed by atoms with van der Waals surface area (Å²) in [6.07, 6.45) is 1.74. The van der Waals surface area contributed by atoms with Gasteiger partial charge < -0.3 is 0 Å². The van der Waals surface area contributed by atoms with Crippen molar-refractivity contribution < 1.29 is 4.92 Å². The topological polar surface area (TPSA) is 68.9 Å². The van der Waals surface area contributed by atoms with Crippen LogP contribution < -0.4 is 0 Å². The Morgan fingerprint density at radius 1 is 1.30 bits per heavy atom. The molecule has 0 saturated heterocycles. The molecule has 104 valence electrons. The van der Waals surface area contributed by atoms with E-state index < -0.39 is 4.92 Å². The standard InChI is InChI=1S/C14H14ClN3O2/c1-3-4-10-7-13(15)17-14(16-10)12-8-11(18(19)20)6-5-9(12)2/h5-8H,3-4H2,1-2H3. The molecule has 5 nitrogen and oxygen atoms in total. The number of hydrogen-bond donors (Lipinski definition) is 0. The van der Waals surface area contributed by atoms with Crippen molar-refractivity contribution in [2.24, 2.45) is 0 Å². The molecule has 1 aromatic heterocycles. The zero-order chi connectivity index (χ0) is 14.7. The fourth-order valence-corrected chi connectivity index (χ4v) is 2.14. The van der Waals surface area contributed by atoms with Crippen molar-refractivity contribution in [2.45, 2.75) is 26.7 Å². The van der Waals surface area contributed by atoms with E-state index in [2.05, 4.69) is 9.97 Å². The summed E-state index contributed by atoms with van der Waals surface area (Å²) in [6.45, 7) is 3.91. The van der Waals surface area contributed by atoms with E-state index in [0.29, 0.717) is 16.5 Å². The van der Waals surface area contributed by atoms with Crippen molar-refractivity contribution in [2.75, 3.05) is 0 Å². The van der Waals surface area contributed by atoms with Crippen molar-refractivity contribution in [1.82, 2.24) is 9.97 Å². The van der Waals surface area contributed by atoms with Crippen LogP contribution in [0, 0.1) is 17.0 Å². The van der Waals surface area contributed by atoms with Gasteiger partial charge in [-0.05, 0) is 25.0 Å². The quantitative estimate of drug-likeness (QED) is 0.485. The molecule has 20 heavy (non-hydrogen) atoms. The number of non-ortho nitro benzene ring substituents is 1. The molecule has 0 aliphatic rings. The number of aryl methyl sites for hydroxylation is 2. The summed E-state index contributed by atoms with van der Waals surface area (Å²) in [5.74, 6) is 0.433. The van der Waals surface area contributed by atoms with Crippen LogP contribution in [-0.2, 0) is 6.42 Å². The molecule has 6 heteroatoms. The molecule has 0 radical (unpaired) electrons. The van der Waals surface area contributed by atoms with Crippen LogP contribution in [0.15, 0.2) is 24.3 Å². The second kappa shape index (κ2) is 5.96. The van der Waals surface area contributed by atoms with Crippen LogP contribution in [0.3, 0.4) is 0 Å². The van der Waals surface area contributed by atoms with Gasteiger partial charge >= 0.3 is 0 Å². The Kier molecular flexibility index (Phi) is 4.29. The Hall–Kier alpha value is -2.01. The summed E-state index contributed by atoms with van der Waals surface area (Å²) in [4.78, 5) is 19.1. The highest BCUT2D eigenvalue weighted by molar-refractivity contribution is 6.29. The van der Waals surface area contributed by atoms with Crippen molar-refractivity contribution in [3.8, 4) is 11.4 Å². The molecular formula is C14H14ClN3O2. The van der Waals surface area contributed by atoms with Crippen LogP contribution in [0.5, 0.6) is 0 Å². The van der Waals surface area contributed by atoms with Gasteiger partial charge in [-0.25, -0.2) is 9.97 Å². The van der Waals surface area contributed by atoms with Crippen LogP contribution >= 0.6 is 11.6 Å². The third kappa shape index (κ3) is 3.11. The molecule has 0 aliphatic heterocycles. The number of nitrogens with zero attached hydrogens (tertiary/aromatic N) is 3. The first-order valence-corrected chi connectivity index (χ1v) is 6.68. The van der Waals surface area contributed by atoms with E-state index in [1.807, 2.05) is 13.8 Å². The van der Waals surface area contributed by atoms with Crippen molar-refractivity contribution in [1.29, 1.82) is 0 Å². The van der Waals surface area contributed by atoms with E-state index in [4.69, 9.17) is 11.6 Å². The predicted octanol–water partition coefficient (Wildman–Crippen LogP) is 3.97. The molecule has 0 saturated carbocycles. The predicted molar refractivity (Wildman–Crippen MR) is 77.9 cm³/mol. The molecule has 0 amide bonds. The summed E-state index contributed by atoms with van der Waals surface area (Å²) >= 11 is 6.01. The van der Waals surface area contributed by atoms with Gasteiger partial charge in [-0.15, -0.1) is 0 Å². The minimum Gasteiger partial charge on any atom is -0.258 e. The molecular weight excluding hydrogens is 278 g/mol. The lowest BCUT2D eigenvalue weighted by atomic mass is 10.1. The third-order valence-electron chi connectivity index (χ3n) is 2.93. The van der Waals surface area contributed by atoms with Gasteiger partial charge in [-0.3, -0.25) is 10.1 Å². The zero-order valence-corrected chi connectivity index (χ0v) is 12.0. The number of hydrogen-bond acceptors (Lipinski definition) is 4. The lowest BCUT2D eigenvalue weighted by Gasteiger charge is -2.07. The van der Waals surface area contributed by atoms with E-state index in [9.17, 15) is 10.1 Å². The van der Waals surface area contributed by atoms with Gasteiger partial charge in [0, 0.05) is 23.4 Å². The van der Waals surface area contributed by atoms with E-state index in [-0.39, 0.29) is 5.69 Å². The molecule has 2 aromatic rings. The first-order chi connectivity index (χ1) is 9.51. The summed E-state index contributed by atoms with van der Waals surface area (Å²) in [5.41, 5.74) is 2.37. The fraction of sp³-hybridized carbons (Fsp3) is 0.286. The number of aromatic nitrogens is 2. The first kappa shape index (κ1) is 14.4. The van der Waals surface area contributed by atoms with Crippen LogP contribution in [-0.4, -0.2) is 14.9 Å². The Morgan fingerprint density at radius 2 is 2.05 bits per heavy atom. The summed E-state index contributed by atoms with van der Waals surface area (Å²) in [5, 5.41) is 11.2. The van der Waals surface area contributed by atoms with E-state index in [1.54, 1.807) is 12.1 Å². The van der Waals surface area contributed by atoms with Gasteiger partial charge in [0.2, 0.25) is 0 Å². The minimum atomic E-state index is -0.430. The van der Waals surface area contributed by atoms with Crippen LogP contribution in [0.1, 0.15) is 24.6 Å². The Bertz CT molecular complexity index is 659. The van der Waals surface area contributed by atoms with E-state index >= 15 is 0 Å². The highest BCUT2D eigenvalue weighted by Crippen LogP contribution is 2.26. The second-order valence-electron chi connectivity index (χ2n) is 4.51. The summed E-state index contributed by atoms with van der Waals surface area (Å²) in [7, 11) is 0. The molecule has 0 atom stereocenters. The second-order valence-corrected chi connectivity index (χ2v) is 4.90. The number of halogens is 1. The number of nitro groups is 1. The maximum atomic E-state index is 10.9. The molecule has 0 aliphatic carbocycles. The third-order valence-corrected chi connectivity index (χ3v) is 3.12. The Balaban J connectivity index is 2.55. The molecule has 0 spiro atoms. The average molecular weight is 292 g/mol. The van der Waals surface area contributed by atoms with E-state index in [1.165, 1.54) is 12.1 Å². The highest BCUT2D eigenvalue weighted by atomic mass is 35.5. The average Bonchev–Trinajstić information content (AvgIpc) is 2.38. The van der Waals surface area contributed by atoms with Gasteiger partial charge in [0.15, 0.2) is 5.82 Å². The molecule has 0 bridgehead atoms. The van der Waals surface area contributed by atoms with Gasteiger partial charge in [-0.1, -0.05) is 31.0 Å². The van der Waals surface area contributed by atoms with Gasteiger partial charge in [0.25, 0.3) is 5.69 Å². The lowest BCUT2D eigenvalue weighted by Crippen LogP contribution is -1.98. The fourth-order valence-electron chi connectivity index (χ4n) is 1.93. The number of nitro benzene ring substituents is 1. The highest BCUT2D eigenvalue weighted by Gasteiger charge is 2.13. The Morgan fingerprint density at radius 3 is 2.70 bits per heavy atom. The van der Waals surface area contributed by atoms with Crippen molar-refractivity contribution in [3.05, 3.63) is 50.8 Å². The molecule has 1 aromatic carbocycles. The van der Waals surface area contributed by atoms with Crippen LogP contribution in [0.2, 0.25) is 5.15 Å². The monoisotopic (exact) mass is 291 g/mol. The van der Waals surface area contributed by atoms with Crippen molar-refractivity contribution in [3.63, 3.8) is 0 Å². The molecule has 0 N–H and O–H groups in total. The van der Waals surface area contributed by atoms with E-state index in [0.717, 1.165) is 24.1 Å². The summed E-state index contributed by atoms with van der Waals surface area (Å²) < 4.78 is 0. The molecule has 0 fully saturated rings. The lowest BCUT2D eigenvalue weighted by molar-refractivity contribution is -0.384. The maximum absolute atomic E-state index is 10.9. The SMILES string of the molecule is CCCc1cc(Cl)nc(-c2cc([N+](=O)[O-])ccc2C)n1. The molecule has 0 unspecified atom stereocenters. The molecule has 2 rings (SSSR count). The van der Waals surface area contributed by atoms with Crippen LogP contribution in [0.4, 0.5) is 5.69 Å². The maximum Gasteiger partial charge on any atom is 0.270 e. The smallest absolute Gasteiger partial charge is 0.258 e. The number of rotatable bonds is 4. The van der Waals surface area contributed by atoms with Crippen molar-refractivity contribution >= 4 is 17.3 Å². The molecule has 1 heterocycles. The first-order valence-electron chi connectivity index (χ1n) is 6.30. The minimum absolute atomic E-state index is 0.0196.